The summed E-state index contributed by atoms with van der Waals surface area (Å²) < 4.78 is 17.0. The van der Waals surface area contributed by atoms with Crippen LogP contribution in [0.25, 0.3) is 0 Å². The molecule has 122 valence electrons. The van der Waals surface area contributed by atoms with Crippen LogP contribution in [0.1, 0.15) is 51.9 Å². The second kappa shape index (κ2) is 9.46. The summed E-state index contributed by atoms with van der Waals surface area (Å²) in [6, 6.07) is 7.65. The van der Waals surface area contributed by atoms with Crippen molar-refractivity contribution >= 4 is 5.78 Å². The molecule has 0 N–H and O–H groups in total. The molecule has 22 heavy (non-hydrogen) atoms. The zero-order valence-corrected chi connectivity index (χ0v) is 13.4. The number of hydrogen-bond acceptors (Lipinski definition) is 4. The molecule has 1 unspecified atom stereocenters. The lowest BCUT2D eigenvalue weighted by molar-refractivity contribution is -0.118. The van der Waals surface area contributed by atoms with E-state index in [0.717, 1.165) is 50.2 Å². The van der Waals surface area contributed by atoms with Crippen molar-refractivity contribution in [3.8, 4) is 11.5 Å². The van der Waals surface area contributed by atoms with E-state index in [1.165, 1.54) is 0 Å². The van der Waals surface area contributed by atoms with Crippen molar-refractivity contribution in [1.82, 2.24) is 0 Å². The summed E-state index contributed by atoms with van der Waals surface area (Å²) in [5.41, 5.74) is 0. The Morgan fingerprint density at radius 3 is 2.64 bits per heavy atom. The summed E-state index contributed by atoms with van der Waals surface area (Å²) in [5.74, 6) is 1.97. The third-order valence-electron chi connectivity index (χ3n) is 3.74. The first-order valence-corrected chi connectivity index (χ1v) is 8.30. The number of carbonyl (C=O) groups excluding carboxylic acids is 1. The van der Waals surface area contributed by atoms with Crippen LogP contribution in [0.15, 0.2) is 24.3 Å². The zero-order valence-electron chi connectivity index (χ0n) is 13.4. The van der Waals surface area contributed by atoms with Crippen molar-refractivity contribution < 1.29 is 19.0 Å². The fourth-order valence-corrected chi connectivity index (χ4v) is 2.36. The molecule has 0 aromatic heterocycles. The van der Waals surface area contributed by atoms with Crippen LogP contribution in [0.3, 0.4) is 0 Å². The van der Waals surface area contributed by atoms with Crippen LogP contribution in [0, 0.1) is 0 Å². The number of ketones is 1. The second-order valence-electron chi connectivity index (χ2n) is 5.58. The topological polar surface area (TPSA) is 44.8 Å². The van der Waals surface area contributed by atoms with E-state index in [2.05, 4.69) is 0 Å². The molecule has 0 amide bonds. The summed E-state index contributed by atoms with van der Waals surface area (Å²) in [6.07, 6.45) is 6.21. The van der Waals surface area contributed by atoms with Crippen LogP contribution < -0.4 is 9.47 Å². The molecule has 0 bridgehead atoms. The van der Waals surface area contributed by atoms with E-state index in [-0.39, 0.29) is 6.29 Å². The smallest absolute Gasteiger partial charge is 0.199 e. The van der Waals surface area contributed by atoms with Crippen molar-refractivity contribution in [3.05, 3.63) is 24.3 Å². The lowest BCUT2D eigenvalue weighted by Gasteiger charge is -2.23. The molecular formula is C18H26O4. The monoisotopic (exact) mass is 306 g/mol. The molecule has 1 fully saturated rings. The van der Waals surface area contributed by atoms with Gasteiger partial charge in [0, 0.05) is 19.3 Å². The van der Waals surface area contributed by atoms with Gasteiger partial charge in [-0.05, 0) is 49.9 Å². The minimum atomic E-state index is -0.114. The van der Waals surface area contributed by atoms with Gasteiger partial charge in [-0.2, -0.15) is 0 Å². The lowest BCUT2D eigenvalue weighted by Crippen LogP contribution is -2.24. The van der Waals surface area contributed by atoms with E-state index in [9.17, 15) is 4.79 Å². The Balaban J connectivity index is 1.64. The van der Waals surface area contributed by atoms with Gasteiger partial charge in [0.15, 0.2) is 6.29 Å². The van der Waals surface area contributed by atoms with Crippen molar-refractivity contribution in [1.29, 1.82) is 0 Å². The number of unbranched alkanes of at least 4 members (excludes halogenated alkanes) is 1. The molecule has 0 saturated carbocycles. The molecule has 4 nitrogen and oxygen atoms in total. The number of rotatable bonds is 9. The van der Waals surface area contributed by atoms with Crippen LogP contribution in [0.4, 0.5) is 0 Å². The fourth-order valence-electron chi connectivity index (χ4n) is 2.36. The first kappa shape index (κ1) is 16.8. The van der Waals surface area contributed by atoms with E-state index in [1.807, 2.05) is 31.2 Å². The highest BCUT2D eigenvalue weighted by Gasteiger charge is 2.14. The van der Waals surface area contributed by atoms with Crippen LogP contribution in [-0.2, 0) is 9.53 Å². The fraction of sp³-hybridized carbons (Fsp3) is 0.611. The number of ether oxygens (including phenoxy) is 3. The van der Waals surface area contributed by atoms with Gasteiger partial charge in [-0.25, -0.2) is 0 Å². The molecule has 1 atom stereocenters. The largest absolute Gasteiger partial charge is 0.494 e. The molecule has 1 heterocycles. The van der Waals surface area contributed by atoms with Crippen molar-refractivity contribution in [2.45, 2.75) is 58.2 Å². The number of Topliss-reactive ketones (excluding diaryl/α,β-unsaturated/α-hetero) is 1. The van der Waals surface area contributed by atoms with Gasteiger partial charge >= 0.3 is 0 Å². The van der Waals surface area contributed by atoms with E-state index < -0.39 is 0 Å². The highest BCUT2D eigenvalue weighted by Crippen LogP contribution is 2.22. The predicted octanol–water partition coefficient (Wildman–Crippen LogP) is 4.12. The Morgan fingerprint density at radius 2 is 1.95 bits per heavy atom. The Hall–Kier alpha value is -1.55. The number of hydrogen-bond donors (Lipinski definition) is 0. The zero-order chi connectivity index (χ0) is 15.6. The van der Waals surface area contributed by atoms with Gasteiger partial charge in [-0.15, -0.1) is 0 Å². The number of benzene rings is 1. The Kier molecular flexibility index (Phi) is 7.23. The van der Waals surface area contributed by atoms with Crippen molar-refractivity contribution in [2.75, 3.05) is 13.2 Å². The highest BCUT2D eigenvalue weighted by molar-refractivity contribution is 5.77. The standard InChI is InChI=1S/C18H26O4/c1-2-15(19)7-3-5-13-20-16-9-11-17(12-10-16)22-18-8-4-6-14-21-18/h9-12,18H,2-8,13-14H2,1H3. The maximum absolute atomic E-state index is 11.2. The predicted molar refractivity (Wildman–Crippen MR) is 85.3 cm³/mol. The first-order chi connectivity index (χ1) is 10.8. The molecular weight excluding hydrogens is 280 g/mol. The van der Waals surface area contributed by atoms with Gasteiger partial charge in [-0.1, -0.05) is 6.92 Å². The maximum Gasteiger partial charge on any atom is 0.199 e. The van der Waals surface area contributed by atoms with Gasteiger partial charge in [0.05, 0.1) is 13.2 Å². The van der Waals surface area contributed by atoms with E-state index in [4.69, 9.17) is 14.2 Å². The van der Waals surface area contributed by atoms with Crippen LogP contribution in [-0.4, -0.2) is 25.3 Å². The van der Waals surface area contributed by atoms with E-state index >= 15 is 0 Å². The second-order valence-corrected chi connectivity index (χ2v) is 5.58. The van der Waals surface area contributed by atoms with Crippen LogP contribution >= 0.6 is 0 Å². The summed E-state index contributed by atoms with van der Waals surface area (Å²) in [7, 11) is 0. The summed E-state index contributed by atoms with van der Waals surface area (Å²) in [5, 5.41) is 0. The highest BCUT2D eigenvalue weighted by atomic mass is 16.7. The molecule has 1 saturated heterocycles. The van der Waals surface area contributed by atoms with E-state index in [0.29, 0.717) is 25.2 Å². The molecule has 0 aliphatic carbocycles. The Bertz CT molecular complexity index is 435. The third-order valence-corrected chi connectivity index (χ3v) is 3.74. The summed E-state index contributed by atoms with van der Waals surface area (Å²) in [6.45, 7) is 3.33. The lowest BCUT2D eigenvalue weighted by atomic mass is 10.1. The molecule has 0 spiro atoms. The number of carbonyl (C=O) groups is 1. The minimum absolute atomic E-state index is 0.114. The quantitative estimate of drug-likeness (QED) is 0.644. The average Bonchev–Trinajstić information content (AvgIpc) is 2.57. The van der Waals surface area contributed by atoms with Crippen LogP contribution in [0.5, 0.6) is 11.5 Å². The molecule has 1 aromatic carbocycles. The van der Waals surface area contributed by atoms with E-state index in [1.54, 1.807) is 0 Å². The van der Waals surface area contributed by atoms with Crippen molar-refractivity contribution in [3.63, 3.8) is 0 Å². The normalized spacial score (nSPS) is 18.0. The van der Waals surface area contributed by atoms with Gasteiger partial charge in [0.25, 0.3) is 0 Å². The van der Waals surface area contributed by atoms with Gasteiger partial charge in [-0.3, -0.25) is 4.79 Å². The Labute approximate surface area is 132 Å². The molecule has 0 radical (unpaired) electrons. The molecule has 4 heteroatoms. The Morgan fingerprint density at radius 1 is 1.18 bits per heavy atom. The molecule has 2 rings (SSSR count). The average molecular weight is 306 g/mol. The SMILES string of the molecule is CCC(=O)CCCCOc1ccc(OC2CCCCO2)cc1. The maximum atomic E-state index is 11.2. The molecule has 1 aliphatic rings. The van der Waals surface area contributed by atoms with Crippen LogP contribution in [0.2, 0.25) is 0 Å². The summed E-state index contributed by atoms with van der Waals surface area (Å²) in [4.78, 5) is 11.2. The van der Waals surface area contributed by atoms with Crippen molar-refractivity contribution in [2.24, 2.45) is 0 Å². The van der Waals surface area contributed by atoms with Gasteiger partial charge in [0.2, 0.25) is 0 Å². The summed E-state index contributed by atoms with van der Waals surface area (Å²) >= 11 is 0. The third kappa shape index (κ3) is 6.06. The first-order valence-electron chi connectivity index (χ1n) is 8.30. The van der Waals surface area contributed by atoms with Gasteiger partial charge < -0.3 is 14.2 Å². The molecule has 1 aliphatic heterocycles. The van der Waals surface area contributed by atoms with Gasteiger partial charge in [0.1, 0.15) is 17.3 Å². The molecule has 1 aromatic rings. The minimum Gasteiger partial charge on any atom is -0.494 e.